The Kier molecular flexibility index (Phi) is 7.77. The second kappa shape index (κ2) is 8.30. The molecule has 8 nitrogen and oxygen atoms in total. The van der Waals surface area contributed by atoms with Crippen LogP contribution in [0.5, 0.6) is 11.5 Å². The van der Waals surface area contributed by atoms with Gasteiger partial charge >= 0.3 is 10.4 Å². The van der Waals surface area contributed by atoms with E-state index in [0.717, 1.165) is 5.56 Å². The molecule has 0 aliphatic rings. The summed E-state index contributed by atoms with van der Waals surface area (Å²) < 4.78 is 36.6. The summed E-state index contributed by atoms with van der Waals surface area (Å²) in [5, 5.41) is 22.7. The van der Waals surface area contributed by atoms with Crippen LogP contribution in [0.3, 0.4) is 0 Å². The number of aliphatic hydroxyl groups excluding tert-OH is 1. The molecule has 1 atom stereocenters. The Morgan fingerprint density at radius 1 is 1.27 bits per heavy atom. The van der Waals surface area contributed by atoms with Gasteiger partial charge in [0, 0.05) is 12.1 Å². The van der Waals surface area contributed by atoms with E-state index in [0.29, 0.717) is 12.3 Å². The SMILES string of the molecule is COc1cc(C(O)CNC(C)(C)C)ccc1O.O=S(=O)(O)O. The zero-order chi connectivity index (χ0) is 17.6. The van der Waals surface area contributed by atoms with Gasteiger partial charge in [0.1, 0.15) is 0 Å². The van der Waals surface area contributed by atoms with Gasteiger partial charge in [-0.3, -0.25) is 9.11 Å². The van der Waals surface area contributed by atoms with Gasteiger partial charge in [-0.05, 0) is 38.5 Å². The van der Waals surface area contributed by atoms with Crippen molar-refractivity contribution in [3.05, 3.63) is 23.8 Å². The van der Waals surface area contributed by atoms with E-state index in [1.807, 2.05) is 20.8 Å². The number of hydrogen-bond acceptors (Lipinski definition) is 6. The van der Waals surface area contributed by atoms with E-state index in [-0.39, 0.29) is 11.3 Å². The molecule has 0 aromatic heterocycles. The molecular formula is C13H23NO7S. The highest BCUT2D eigenvalue weighted by Crippen LogP contribution is 2.28. The number of rotatable bonds is 4. The highest BCUT2D eigenvalue weighted by Gasteiger charge is 2.14. The fraction of sp³-hybridized carbons (Fsp3) is 0.538. The normalized spacial score (nSPS) is 13.0. The van der Waals surface area contributed by atoms with Crippen molar-refractivity contribution in [3.8, 4) is 11.5 Å². The Hall–Kier alpha value is -1.39. The summed E-state index contributed by atoms with van der Waals surface area (Å²) in [7, 11) is -3.18. The van der Waals surface area contributed by atoms with Crippen molar-refractivity contribution in [2.24, 2.45) is 0 Å². The molecule has 128 valence electrons. The van der Waals surface area contributed by atoms with Crippen LogP contribution in [0.1, 0.15) is 32.4 Å². The molecule has 1 aromatic rings. The van der Waals surface area contributed by atoms with Gasteiger partial charge < -0.3 is 20.3 Å². The van der Waals surface area contributed by atoms with Gasteiger partial charge in [0.2, 0.25) is 0 Å². The van der Waals surface area contributed by atoms with Crippen LogP contribution in [-0.4, -0.2) is 46.9 Å². The maximum absolute atomic E-state index is 10.00. The summed E-state index contributed by atoms with van der Waals surface area (Å²) in [6.45, 7) is 6.57. The first-order chi connectivity index (χ1) is 9.83. The van der Waals surface area contributed by atoms with E-state index in [2.05, 4.69) is 5.32 Å². The van der Waals surface area contributed by atoms with Gasteiger partial charge in [-0.25, -0.2) is 0 Å². The maximum atomic E-state index is 10.00. The van der Waals surface area contributed by atoms with Crippen molar-refractivity contribution < 1.29 is 32.5 Å². The van der Waals surface area contributed by atoms with Crippen LogP contribution in [0, 0.1) is 0 Å². The van der Waals surface area contributed by atoms with Crippen LogP contribution in [0.4, 0.5) is 0 Å². The van der Waals surface area contributed by atoms with Gasteiger partial charge in [-0.15, -0.1) is 0 Å². The molecule has 0 heterocycles. The zero-order valence-corrected chi connectivity index (χ0v) is 13.8. The molecule has 22 heavy (non-hydrogen) atoms. The van der Waals surface area contributed by atoms with Gasteiger partial charge in [-0.1, -0.05) is 6.07 Å². The van der Waals surface area contributed by atoms with E-state index in [4.69, 9.17) is 22.3 Å². The average molecular weight is 337 g/mol. The van der Waals surface area contributed by atoms with Crippen molar-refractivity contribution in [2.45, 2.75) is 32.4 Å². The molecule has 1 unspecified atom stereocenters. The summed E-state index contributed by atoms with van der Waals surface area (Å²) in [5.41, 5.74) is 0.679. The van der Waals surface area contributed by atoms with Gasteiger partial charge in [0.15, 0.2) is 11.5 Å². The first kappa shape index (κ1) is 20.6. The third-order valence-corrected chi connectivity index (χ3v) is 2.41. The second-order valence-corrected chi connectivity index (χ2v) is 6.42. The van der Waals surface area contributed by atoms with Gasteiger partial charge in [0.25, 0.3) is 0 Å². The summed E-state index contributed by atoms with van der Waals surface area (Å²) in [4.78, 5) is 0. The topological polar surface area (TPSA) is 136 Å². The number of aromatic hydroxyl groups is 1. The molecule has 5 N–H and O–H groups in total. The summed E-state index contributed by atoms with van der Waals surface area (Å²) in [6, 6.07) is 4.85. The number of aliphatic hydroxyl groups is 1. The molecule has 0 amide bonds. The van der Waals surface area contributed by atoms with Gasteiger partial charge in [-0.2, -0.15) is 8.42 Å². The van der Waals surface area contributed by atoms with E-state index in [1.165, 1.54) is 13.2 Å². The lowest BCUT2D eigenvalue weighted by molar-refractivity contribution is 0.163. The molecule has 0 spiro atoms. The zero-order valence-electron chi connectivity index (χ0n) is 12.9. The Balaban J connectivity index is 0.000000763. The average Bonchev–Trinajstić information content (AvgIpc) is 2.33. The van der Waals surface area contributed by atoms with Crippen molar-refractivity contribution in [1.29, 1.82) is 0 Å². The van der Waals surface area contributed by atoms with E-state index in [1.54, 1.807) is 12.1 Å². The fourth-order valence-electron chi connectivity index (χ4n) is 1.42. The minimum absolute atomic E-state index is 0.0397. The van der Waals surface area contributed by atoms with Crippen LogP contribution < -0.4 is 10.1 Å². The van der Waals surface area contributed by atoms with Crippen molar-refractivity contribution in [3.63, 3.8) is 0 Å². The highest BCUT2D eigenvalue weighted by molar-refractivity contribution is 7.79. The fourth-order valence-corrected chi connectivity index (χ4v) is 1.42. The first-order valence-electron chi connectivity index (χ1n) is 6.33. The van der Waals surface area contributed by atoms with E-state index in [9.17, 15) is 10.2 Å². The molecule has 9 heteroatoms. The standard InChI is InChI=1S/C13H21NO3.H2O4S/c1-13(2,3)14-8-11(16)9-5-6-10(15)12(7-9)17-4;1-5(2,3)4/h5-7,11,14-16H,8H2,1-4H3;(H2,1,2,3,4). The minimum Gasteiger partial charge on any atom is -0.504 e. The number of phenols is 1. The van der Waals surface area contributed by atoms with Crippen molar-refractivity contribution in [2.75, 3.05) is 13.7 Å². The maximum Gasteiger partial charge on any atom is 0.394 e. The Morgan fingerprint density at radius 2 is 1.77 bits per heavy atom. The largest absolute Gasteiger partial charge is 0.504 e. The quantitative estimate of drug-likeness (QED) is 0.516. The summed E-state index contributed by atoms with van der Waals surface area (Å²) in [6.07, 6.45) is -0.622. The number of methoxy groups -OCH3 is 1. The number of benzene rings is 1. The molecule has 0 saturated heterocycles. The Bertz CT molecular complexity index is 558. The van der Waals surface area contributed by atoms with Crippen LogP contribution in [-0.2, 0) is 10.4 Å². The monoisotopic (exact) mass is 337 g/mol. The van der Waals surface area contributed by atoms with E-state index >= 15 is 0 Å². The predicted octanol–water partition coefficient (Wildman–Crippen LogP) is 1.17. The number of phenolic OH excluding ortho intramolecular Hbond substituents is 1. The molecule has 0 aliphatic heterocycles. The lowest BCUT2D eigenvalue weighted by Gasteiger charge is -2.23. The first-order valence-corrected chi connectivity index (χ1v) is 7.73. The molecule has 0 aliphatic carbocycles. The molecule has 0 fully saturated rings. The molecule has 1 aromatic carbocycles. The number of β-amino-alcohol motifs (C(OH)–C–C–N with tert-alkyl or cyclic N) is 1. The molecule has 0 saturated carbocycles. The van der Waals surface area contributed by atoms with Gasteiger partial charge in [0.05, 0.1) is 13.2 Å². The number of ether oxygens (including phenoxy) is 1. The summed E-state index contributed by atoms with van der Waals surface area (Å²) >= 11 is 0. The van der Waals surface area contributed by atoms with Crippen LogP contribution in [0.15, 0.2) is 18.2 Å². The Morgan fingerprint density at radius 3 is 2.18 bits per heavy atom. The lowest BCUT2D eigenvalue weighted by atomic mass is 10.1. The third kappa shape index (κ3) is 10.4. The van der Waals surface area contributed by atoms with Crippen LogP contribution in [0.2, 0.25) is 0 Å². The number of nitrogens with one attached hydrogen (secondary N) is 1. The summed E-state index contributed by atoms with van der Waals surface area (Å²) in [5.74, 6) is 0.449. The number of hydrogen-bond donors (Lipinski definition) is 5. The predicted molar refractivity (Wildman–Crippen MR) is 81.6 cm³/mol. The third-order valence-electron chi connectivity index (χ3n) is 2.41. The molecule has 0 bridgehead atoms. The van der Waals surface area contributed by atoms with Crippen molar-refractivity contribution in [1.82, 2.24) is 5.32 Å². The molecule has 1 rings (SSSR count). The molecular weight excluding hydrogens is 314 g/mol. The van der Waals surface area contributed by atoms with Crippen LogP contribution >= 0.6 is 0 Å². The minimum atomic E-state index is -4.67. The van der Waals surface area contributed by atoms with Crippen LogP contribution in [0.25, 0.3) is 0 Å². The Labute approximate surface area is 130 Å². The van der Waals surface area contributed by atoms with E-state index < -0.39 is 16.5 Å². The second-order valence-electron chi connectivity index (χ2n) is 5.53. The lowest BCUT2D eigenvalue weighted by Crippen LogP contribution is -2.38. The highest BCUT2D eigenvalue weighted by atomic mass is 32.3. The molecule has 0 radical (unpaired) electrons. The van der Waals surface area contributed by atoms with Crippen molar-refractivity contribution >= 4 is 10.4 Å². The smallest absolute Gasteiger partial charge is 0.394 e.